The highest BCUT2D eigenvalue weighted by molar-refractivity contribution is 9.10. The fourth-order valence-corrected chi connectivity index (χ4v) is 5.08. The average molecular weight is 523 g/mol. The molecule has 2 amide bonds. The second-order valence-electron chi connectivity index (χ2n) is 7.56. The Balaban J connectivity index is 0.00000272. The van der Waals surface area contributed by atoms with Crippen molar-refractivity contribution in [3.8, 4) is 0 Å². The first-order chi connectivity index (χ1) is 14.5. The van der Waals surface area contributed by atoms with Gasteiger partial charge in [-0.1, -0.05) is 34.1 Å². The Bertz CT molecular complexity index is 1100. The summed E-state index contributed by atoms with van der Waals surface area (Å²) in [5.41, 5.74) is 3.16. The van der Waals surface area contributed by atoms with Crippen LogP contribution in [0.2, 0.25) is 0 Å². The molecular weight excluding hydrogens is 498 g/mol. The molecule has 1 aliphatic rings. The van der Waals surface area contributed by atoms with Gasteiger partial charge in [0.1, 0.15) is 6.04 Å². The normalized spacial score (nSPS) is 16.9. The van der Waals surface area contributed by atoms with Crippen molar-refractivity contribution < 1.29 is 9.59 Å². The summed E-state index contributed by atoms with van der Waals surface area (Å²) in [7, 11) is 1.74. The summed E-state index contributed by atoms with van der Waals surface area (Å²) in [5.74, 6) is -0.224. The van der Waals surface area contributed by atoms with Crippen LogP contribution in [0.1, 0.15) is 24.5 Å². The van der Waals surface area contributed by atoms with E-state index in [1.54, 1.807) is 25.3 Å². The summed E-state index contributed by atoms with van der Waals surface area (Å²) in [6.45, 7) is 2.26. The van der Waals surface area contributed by atoms with E-state index in [1.807, 2.05) is 29.2 Å². The SMILES string of the molecule is CN[C@@H](C)C(=O)N[C@H]1CCc2ccccc2N(Cc2csc3ccc(Br)cc23)C1=O.Cl. The maximum absolute atomic E-state index is 13.6. The van der Waals surface area contributed by atoms with E-state index in [4.69, 9.17) is 0 Å². The number of likely N-dealkylation sites (N-methyl/N-ethyl adjacent to an activating group) is 1. The van der Waals surface area contributed by atoms with E-state index in [1.165, 1.54) is 4.70 Å². The highest BCUT2D eigenvalue weighted by atomic mass is 79.9. The van der Waals surface area contributed by atoms with Gasteiger partial charge in [-0.25, -0.2) is 0 Å². The summed E-state index contributed by atoms with van der Waals surface area (Å²) in [6, 6.07) is 13.4. The van der Waals surface area contributed by atoms with Crippen LogP contribution in [0.3, 0.4) is 0 Å². The van der Waals surface area contributed by atoms with Crippen molar-refractivity contribution in [2.75, 3.05) is 11.9 Å². The van der Waals surface area contributed by atoms with Crippen LogP contribution in [0.5, 0.6) is 0 Å². The number of anilines is 1. The first kappa shape index (κ1) is 23.7. The number of amides is 2. The van der Waals surface area contributed by atoms with Crippen LogP contribution in [0.4, 0.5) is 5.69 Å². The average Bonchev–Trinajstić information content (AvgIpc) is 3.10. The Labute approximate surface area is 200 Å². The largest absolute Gasteiger partial charge is 0.343 e. The molecule has 0 spiro atoms. The minimum absolute atomic E-state index is 0. The molecule has 1 aliphatic heterocycles. The molecule has 164 valence electrons. The lowest BCUT2D eigenvalue weighted by Crippen LogP contribution is -2.52. The molecule has 4 rings (SSSR count). The van der Waals surface area contributed by atoms with Crippen molar-refractivity contribution in [2.45, 2.75) is 38.4 Å². The van der Waals surface area contributed by atoms with Gasteiger partial charge in [0.2, 0.25) is 11.8 Å². The van der Waals surface area contributed by atoms with Gasteiger partial charge in [-0.05, 0) is 73.0 Å². The van der Waals surface area contributed by atoms with Crippen molar-refractivity contribution >= 4 is 67.3 Å². The molecule has 0 bridgehead atoms. The van der Waals surface area contributed by atoms with Gasteiger partial charge in [0.25, 0.3) is 0 Å². The molecule has 0 aliphatic carbocycles. The minimum atomic E-state index is -0.544. The van der Waals surface area contributed by atoms with Crippen molar-refractivity contribution in [1.82, 2.24) is 10.6 Å². The minimum Gasteiger partial charge on any atom is -0.343 e. The number of hydrogen-bond donors (Lipinski definition) is 2. The lowest BCUT2D eigenvalue weighted by molar-refractivity contribution is -0.128. The third kappa shape index (κ3) is 4.95. The standard InChI is InChI=1S/C23H24BrN3O2S.ClH/c1-14(25-2)22(28)26-19-9-7-15-5-3-4-6-20(15)27(23(19)29)12-16-13-30-21-10-8-17(24)11-18(16)21;/h3-6,8,10-11,13-14,19,25H,7,9,12H2,1-2H3,(H,26,28);1H/t14-,19-;/m0./s1. The summed E-state index contributed by atoms with van der Waals surface area (Å²) >= 11 is 5.23. The fraction of sp³-hybridized carbons (Fsp3) is 0.304. The Hall–Kier alpha value is -1.93. The van der Waals surface area contributed by atoms with Gasteiger partial charge in [0, 0.05) is 14.9 Å². The molecule has 0 radical (unpaired) electrons. The first-order valence-corrected chi connectivity index (χ1v) is 11.7. The number of rotatable bonds is 5. The number of carbonyl (C=O) groups is 2. The smallest absolute Gasteiger partial charge is 0.249 e. The van der Waals surface area contributed by atoms with Gasteiger partial charge < -0.3 is 15.5 Å². The second-order valence-corrected chi connectivity index (χ2v) is 9.39. The number of aryl methyl sites for hydroxylation is 1. The van der Waals surface area contributed by atoms with E-state index in [9.17, 15) is 9.59 Å². The Kier molecular flexibility index (Phi) is 7.75. The van der Waals surface area contributed by atoms with Crippen molar-refractivity contribution in [3.63, 3.8) is 0 Å². The van der Waals surface area contributed by atoms with Crippen LogP contribution in [0.15, 0.2) is 52.3 Å². The molecule has 2 heterocycles. The maximum Gasteiger partial charge on any atom is 0.249 e. The molecule has 2 N–H and O–H groups in total. The molecule has 31 heavy (non-hydrogen) atoms. The Morgan fingerprint density at radius 3 is 2.84 bits per heavy atom. The predicted molar refractivity (Wildman–Crippen MR) is 133 cm³/mol. The molecule has 0 saturated carbocycles. The lowest BCUT2D eigenvalue weighted by Gasteiger charge is -2.27. The van der Waals surface area contributed by atoms with Gasteiger partial charge in [-0.15, -0.1) is 23.7 Å². The third-order valence-corrected chi connectivity index (χ3v) is 7.14. The Morgan fingerprint density at radius 2 is 2.06 bits per heavy atom. The number of halogens is 2. The van der Waals surface area contributed by atoms with Crippen LogP contribution in [0, 0.1) is 0 Å². The van der Waals surface area contributed by atoms with E-state index in [2.05, 4.69) is 50.1 Å². The molecule has 2 aromatic carbocycles. The summed E-state index contributed by atoms with van der Waals surface area (Å²) < 4.78 is 2.21. The molecule has 1 aromatic heterocycles. The van der Waals surface area contributed by atoms with Crippen LogP contribution in [-0.4, -0.2) is 30.9 Å². The zero-order chi connectivity index (χ0) is 21.3. The zero-order valence-corrected chi connectivity index (χ0v) is 20.6. The first-order valence-electron chi connectivity index (χ1n) is 10.0. The van der Waals surface area contributed by atoms with Crippen LogP contribution in [0.25, 0.3) is 10.1 Å². The number of nitrogens with one attached hydrogen (secondary N) is 2. The molecule has 2 atom stereocenters. The number of carbonyl (C=O) groups excluding carboxylic acids is 2. The number of para-hydroxylation sites is 1. The molecular formula is C23H25BrClN3O2S. The van der Waals surface area contributed by atoms with Crippen molar-refractivity contribution in [1.29, 1.82) is 0 Å². The van der Waals surface area contributed by atoms with Gasteiger partial charge in [0.15, 0.2) is 0 Å². The molecule has 8 heteroatoms. The number of thiophene rings is 1. The fourth-order valence-electron chi connectivity index (χ4n) is 3.79. The second kappa shape index (κ2) is 10.1. The van der Waals surface area contributed by atoms with Gasteiger partial charge in [-0.3, -0.25) is 9.59 Å². The number of fused-ring (bicyclic) bond motifs is 2. The van der Waals surface area contributed by atoms with E-state index in [0.717, 1.165) is 33.1 Å². The zero-order valence-electron chi connectivity index (χ0n) is 17.4. The molecule has 0 saturated heterocycles. The van der Waals surface area contributed by atoms with Gasteiger partial charge in [-0.2, -0.15) is 0 Å². The van der Waals surface area contributed by atoms with Crippen LogP contribution in [-0.2, 0) is 22.6 Å². The summed E-state index contributed by atoms with van der Waals surface area (Å²) in [6.07, 6.45) is 1.33. The predicted octanol–water partition coefficient (Wildman–Crippen LogP) is 4.66. The van der Waals surface area contributed by atoms with Crippen LogP contribution >= 0.6 is 39.7 Å². The molecule has 3 aromatic rings. The molecule has 5 nitrogen and oxygen atoms in total. The van der Waals surface area contributed by atoms with E-state index in [-0.39, 0.29) is 30.3 Å². The maximum atomic E-state index is 13.6. The molecule has 0 fully saturated rings. The highest BCUT2D eigenvalue weighted by Crippen LogP contribution is 2.33. The topological polar surface area (TPSA) is 61.4 Å². The van der Waals surface area contributed by atoms with Crippen molar-refractivity contribution in [2.24, 2.45) is 0 Å². The van der Waals surface area contributed by atoms with E-state index < -0.39 is 6.04 Å². The lowest BCUT2D eigenvalue weighted by atomic mass is 10.1. The monoisotopic (exact) mass is 521 g/mol. The number of benzene rings is 2. The van der Waals surface area contributed by atoms with E-state index >= 15 is 0 Å². The van der Waals surface area contributed by atoms with Gasteiger partial charge in [0.05, 0.1) is 12.6 Å². The number of nitrogens with zero attached hydrogens (tertiary/aromatic N) is 1. The highest BCUT2D eigenvalue weighted by Gasteiger charge is 2.32. The van der Waals surface area contributed by atoms with Crippen molar-refractivity contribution in [3.05, 3.63) is 63.4 Å². The summed E-state index contributed by atoms with van der Waals surface area (Å²) in [4.78, 5) is 27.9. The van der Waals surface area contributed by atoms with Gasteiger partial charge >= 0.3 is 0 Å². The Morgan fingerprint density at radius 1 is 1.29 bits per heavy atom. The summed E-state index contributed by atoms with van der Waals surface area (Å²) in [5, 5.41) is 9.15. The van der Waals surface area contributed by atoms with E-state index in [0.29, 0.717) is 13.0 Å². The quantitative estimate of drug-likeness (QED) is 0.512. The number of hydrogen-bond acceptors (Lipinski definition) is 4. The third-order valence-electron chi connectivity index (χ3n) is 5.64. The molecule has 0 unspecified atom stereocenters. The van der Waals surface area contributed by atoms with Crippen LogP contribution < -0.4 is 15.5 Å².